The molecule has 2 rings (SSSR count). The summed E-state index contributed by atoms with van der Waals surface area (Å²) in [5, 5.41) is 16.1. The predicted octanol–water partition coefficient (Wildman–Crippen LogP) is 2.83. The molecule has 0 aliphatic carbocycles. The maximum atomic E-state index is 13.9. The molecule has 0 N–H and O–H groups in total. The molecule has 1 aromatic carbocycles. The number of hydrogen-bond donors (Lipinski definition) is 0. The Labute approximate surface area is 125 Å². The lowest BCUT2D eigenvalue weighted by atomic mass is 10.2. The van der Waals surface area contributed by atoms with Crippen molar-refractivity contribution in [3.8, 4) is 6.07 Å². The van der Waals surface area contributed by atoms with Crippen molar-refractivity contribution < 1.29 is 9.18 Å². The topological polar surface area (TPSA) is 69.9 Å². The molecule has 1 heterocycles. The number of amides is 1. The van der Waals surface area contributed by atoms with E-state index in [1.807, 2.05) is 6.07 Å². The van der Waals surface area contributed by atoms with Crippen LogP contribution in [0.5, 0.6) is 0 Å². The van der Waals surface area contributed by atoms with Gasteiger partial charge in [-0.15, -0.1) is 10.2 Å². The maximum Gasteiger partial charge on any atom is 0.278 e. The summed E-state index contributed by atoms with van der Waals surface area (Å²) < 4.78 is 13.9. The zero-order valence-corrected chi connectivity index (χ0v) is 11.6. The van der Waals surface area contributed by atoms with Gasteiger partial charge in [0.1, 0.15) is 5.82 Å². The number of nitriles is 1. The summed E-state index contributed by atoms with van der Waals surface area (Å²) in [5.41, 5.74) is 0.120. The number of anilines is 1. The highest BCUT2D eigenvalue weighted by Gasteiger charge is 2.21. The molecule has 1 aromatic heterocycles. The fraction of sp³-hybridized carbons (Fsp3) is 0.143. The molecule has 0 radical (unpaired) electrons. The molecule has 0 fully saturated rings. The molecule has 2 aromatic rings. The average molecular weight is 305 g/mol. The minimum Gasteiger partial charge on any atom is -0.303 e. The predicted molar refractivity (Wildman–Crippen MR) is 75.3 cm³/mol. The van der Waals surface area contributed by atoms with Crippen LogP contribution in [0.4, 0.5) is 10.1 Å². The van der Waals surface area contributed by atoms with E-state index in [9.17, 15) is 9.18 Å². The SMILES string of the molecule is N#CCCN(C(=O)c1ccc(Cl)nn1)c1ccccc1F. The largest absolute Gasteiger partial charge is 0.303 e. The van der Waals surface area contributed by atoms with E-state index in [4.69, 9.17) is 16.9 Å². The molecular weight excluding hydrogens is 295 g/mol. The van der Waals surface area contributed by atoms with Crippen molar-refractivity contribution in [1.29, 1.82) is 5.26 Å². The van der Waals surface area contributed by atoms with Gasteiger partial charge in [-0.2, -0.15) is 5.26 Å². The lowest BCUT2D eigenvalue weighted by molar-refractivity contribution is 0.0981. The second-order valence-corrected chi connectivity index (χ2v) is 4.44. The number of carbonyl (C=O) groups is 1. The summed E-state index contributed by atoms with van der Waals surface area (Å²) in [7, 11) is 0. The highest BCUT2D eigenvalue weighted by Crippen LogP contribution is 2.21. The van der Waals surface area contributed by atoms with Gasteiger partial charge in [0.25, 0.3) is 5.91 Å². The van der Waals surface area contributed by atoms with Crippen LogP contribution in [-0.2, 0) is 0 Å². The lowest BCUT2D eigenvalue weighted by Crippen LogP contribution is -2.33. The molecule has 0 bridgehead atoms. The van der Waals surface area contributed by atoms with Gasteiger partial charge < -0.3 is 4.90 Å². The van der Waals surface area contributed by atoms with Crippen molar-refractivity contribution in [2.45, 2.75) is 6.42 Å². The molecule has 0 saturated heterocycles. The smallest absolute Gasteiger partial charge is 0.278 e. The second kappa shape index (κ2) is 6.77. The fourth-order valence-corrected chi connectivity index (χ4v) is 1.83. The average Bonchev–Trinajstić information content (AvgIpc) is 2.50. The van der Waals surface area contributed by atoms with Gasteiger partial charge in [0.05, 0.1) is 18.2 Å². The Morgan fingerprint density at radius 2 is 2.05 bits per heavy atom. The number of aromatic nitrogens is 2. The Morgan fingerprint density at radius 1 is 1.29 bits per heavy atom. The zero-order valence-electron chi connectivity index (χ0n) is 10.8. The monoisotopic (exact) mass is 304 g/mol. The van der Waals surface area contributed by atoms with E-state index in [1.54, 1.807) is 6.07 Å². The third-order valence-electron chi connectivity index (χ3n) is 2.69. The summed E-state index contributed by atoms with van der Waals surface area (Å²) in [5.74, 6) is -1.09. The highest BCUT2D eigenvalue weighted by atomic mass is 35.5. The molecule has 0 aliphatic heterocycles. The highest BCUT2D eigenvalue weighted by molar-refractivity contribution is 6.29. The van der Waals surface area contributed by atoms with E-state index in [0.717, 1.165) is 4.90 Å². The zero-order chi connectivity index (χ0) is 15.2. The minimum atomic E-state index is -0.550. The van der Waals surface area contributed by atoms with Gasteiger partial charge >= 0.3 is 0 Å². The van der Waals surface area contributed by atoms with Gasteiger partial charge in [-0.3, -0.25) is 4.79 Å². The van der Waals surface area contributed by atoms with Crippen LogP contribution in [0.25, 0.3) is 0 Å². The van der Waals surface area contributed by atoms with E-state index < -0.39 is 11.7 Å². The maximum absolute atomic E-state index is 13.9. The van der Waals surface area contributed by atoms with Crippen molar-refractivity contribution in [1.82, 2.24) is 10.2 Å². The molecule has 106 valence electrons. The quantitative estimate of drug-likeness (QED) is 0.871. The molecule has 0 saturated carbocycles. The molecule has 0 unspecified atom stereocenters. The Balaban J connectivity index is 2.36. The van der Waals surface area contributed by atoms with Crippen LogP contribution in [-0.4, -0.2) is 22.6 Å². The van der Waals surface area contributed by atoms with Crippen molar-refractivity contribution in [2.24, 2.45) is 0 Å². The van der Waals surface area contributed by atoms with Crippen molar-refractivity contribution >= 4 is 23.2 Å². The van der Waals surface area contributed by atoms with Crippen LogP contribution >= 0.6 is 11.6 Å². The van der Waals surface area contributed by atoms with Gasteiger partial charge in [0.2, 0.25) is 0 Å². The van der Waals surface area contributed by atoms with Gasteiger partial charge in [-0.1, -0.05) is 23.7 Å². The van der Waals surface area contributed by atoms with E-state index in [2.05, 4.69) is 10.2 Å². The van der Waals surface area contributed by atoms with Crippen molar-refractivity contribution in [3.63, 3.8) is 0 Å². The summed E-state index contributed by atoms with van der Waals surface area (Å²) in [4.78, 5) is 13.6. The van der Waals surface area contributed by atoms with Crippen molar-refractivity contribution in [2.75, 3.05) is 11.4 Å². The molecule has 0 atom stereocenters. The number of carbonyl (C=O) groups excluding carboxylic acids is 1. The number of para-hydroxylation sites is 1. The van der Waals surface area contributed by atoms with Crippen LogP contribution in [0.1, 0.15) is 16.9 Å². The van der Waals surface area contributed by atoms with E-state index in [0.29, 0.717) is 0 Å². The lowest BCUT2D eigenvalue weighted by Gasteiger charge is -2.21. The summed E-state index contributed by atoms with van der Waals surface area (Å²) in [6, 6.07) is 10.6. The molecule has 5 nitrogen and oxygen atoms in total. The molecular formula is C14H10ClFN4O. The number of nitrogens with zero attached hydrogens (tertiary/aromatic N) is 4. The minimum absolute atomic E-state index is 0.0283. The van der Waals surface area contributed by atoms with Crippen LogP contribution in [0, 0.1) is 17.1 Å². The van der Waals surface area contributed by atoms with E-state index >= 15 is 0 Å². The van der Waals surface area contributed by atoms with Gasteiger partial charge in [-0.25, -0.2) is 4.39 Å². The normalized spacial score (nSPS) is 9.95. The third kappa shape index (κ3) is 3.52. The number of benzene rings is 1. The van der Waals surface area contributed by atoms with Gasteiger partial charge in [0, 0.05) is 6.54 Å². The van der Waals surface area contributed by atoms with Crippen molar-refractivity contribution in [3.05, 3.63) is 53.1 Å². The van der Waals surface area contributed by atoms with E-state index in [1.165, 1.54) is 30.3 Å². The molecule has 1 amide bonds. The summed E-state index contributed by atoms with van der Waals surface area (Å²) in [6.07, 6.45) is 0.0705. The Kier molecular flexibility index (Phi) is 4.80. The Morgan fingerprint density at radius 3 is 2.67 bits per heavy atom. The first-order valence-electron chi connectivity index (χ1n) is 6.06. The molecule has 0 spiro atoms. The molecule has 7 heteroatoms. The molecule has 0 aliphatic rings. The van der Waals surface area contributed by atoms with Crippen LogP contribution in [0.2, 0.25) is 5.15 Å². The fourth-order valence-electron chi connectivity index (χ4n) is 1.73. The number of halogens is 2. The van der Waals surface area contributed by atoms with Gasteiger partial charge in [-0.05, 0) is 24.3 Å². The molecule has 21 heavy (non-hydrogen) atoms. The first-order valence-corrected chi connectivity index (χ1v) is 6.44. The second-order valence-electron chi connectivity index (χ2n) is 4.06. The number of hydrogen-bond acceptors (Lipinski definition) is 4. The van der Waals surface area contributed by atoms with Gasteiger partial charge in [0.15, 0.2) is 10.8 Å². The first kappa shape index (κ1) is 14.9. The Hall–Kier alpha value is -2.52. The van der Waals surface area contributed by atoms with Crippen LogP contribution in [0.15, 0.2) is 36.4 Å². The standard InChI is InChI=1S/C14H10ClFN4O/c15-13-7-6-11(18-19-13)14(21)20(9-3-8-17)12-5-2-1-4-10(12)16/h1-2,4-7H,3,9H2. The van der Waals surface area contributed by atoms with Crippen LogP contribution in [0.3, 0.4) is 0 Å². The third-order valence-corrected chi connectivity index (χ3v) is 2.89. The summed E-state index contributed by atoms with van der Waals surface area (Å²) >= 11 is 5.62. The number of rotatable bonds is 4. The van der Waals surface area contributed by atoms with Crippen LogP contribution < -0.4 is 4.90 Å². The Bertz CT molecular complexity index is 684. The summed E-state index contributed by atoms with van der Waals surface area (Å²) in [6.45, 7) is 0.0561. The van der Waals surface area contributed by atoms with E-state index in [-0.39, 0.29) is 29.5 Å². The first-order chi connectivity index (χ1) is 10.1.